The van der Waals surface area contributed by atoms with Gasteiger partial charge in [0.1, 0.15) is 12.5 Å². The highest BCUT2D eigenvalue weighted by atomic mass is 16.5. The minimum absolute atomic E-state index is 0.148. The molecule has 18 heavy (non-hydrogen) atoms. The zero-order valence-electron chi connectivity index (χ0n) is 12.5. The average molecular weight is 247 g/mol. The van der Waals surface area contributed by atoms with E-state index in [0.29, 0.717) is 6.73 Å². The standard InChI is InChI=1S/C16H25NO/c1-15(2,3)13-7-8-14-12(9-13)10-17(11-18-14)16(4,5)6/h7-9H,10-11H2,1-6H3. The average Bonchev–Trinajstić information content (AvgIpc) is 2.25. The summed E-state index contributed by atoms with van der Waals surface area (Å²) in [4.78, 5) is 2.36. The Labute approximate surface area is 111 Å². The monoisotopic (exact) mass is 247 g/mol. The Morgan fingerprint density at radius 1 is 1.06 bits per heavy atom. The lowest BCUT2D eigenvalue weighted by Gasteiger charge is -2.39. The molecule has 0 saturated carbocycles. The summed E-state index contributed by atoms with van der Waals surface area (Å²) < 4.78 is 5.86. The molecule has 0 aromatic heterocycles. The molecule has 2 nitrogen and oxygen atoms in total. The summed E-state index contributed by atoms with van der Waals surface area (Å²) in [5.74, 6) is 1.04. The van der Waals surface area contributed by atoms with E-state index in [2.05, 4.69) is 64.6 Å². The van der Waals surface area contributed by atoms with Crippen LogP contribution in [0.5, 0.6) is 5.75 Å². The Kier molecular flexibility index (Phi) is 3.18. The first-order chi connectivity index (χ1) is 8.18. The van der Waals surface area contributed by atoms with E-state index < -0.39 is 0 Å². The van der Waals surface area contributed by atoms with Gasteiger partial charge in [0.2, 0.25) is 0 Å². The molecule has 1 aromatic rings. The van der Waals surface area contributed by atoms with Crippen molar-refractivity contribution in [2.24, 2.45) is 0 Å². The van der Waals surface area contributed by atoms with Gasteiger partial charge < -0.3 is 4.74 Å². The quantitative estimate of drug-likeness (QED) is 0.688. The first kappa shape index (κ1) is 13.4. The van der Waals surface area contributed by atoms with Gasteiger partial charge in [0, 0.05) is 17.6 Å². The van der Waals surface area contributed by atoms with E-state index in [1.807, 2.05) is 0 Å². The molecule has 0 spiro atoms. The number of hydrogen-bond acceptors (Lipinski definition) is 2. The predicted octanol–water partition coefficient (Wildman–Crippen LogP) is 3.93. The first-order valence-electron chi connectivity index (χ1n) is 6.69. The lowest BCUT2D eigenvalue weighted by atomic mass is 9.86. The molecule has 0 atom stereocenters. The molecule has 1 heterocycles. The highest BCUT2D eigenvalue weighted by Gasteiger charge is 2.27. The summed E-state index contributed by atoms with van der Waals surface area (Å²) >= 11 is 0. The molecule has 1 aliphatic rings. The minimum Gasteiger partial charge on any atom is -0.478 e. The maximum absolute atomic E-state index is 5.86. The molecular formula is C16H25NO. The second kappa shape index (κ2) is 4.27. The Bertz CT molecular complexity index is 437. The summed E-state index contributed by atoms with van der Waals surface area (Å²) in [6, 6.07) is 6.61. The molecule has 0 amide bonds. The van der Waals surface area contributed by atoms with Crippen LogP contribution in [0.15, 0.2) is 18.2 Å². The summed E-state index contributed by atoms with van der Waals surface area (Å²) in [7, 11) is 0. The third-order valence-electron chi connectivity index (χ3n) is 3.61. The third-order valence-corrected chi connectivity index (χ3v) is 3.61. The van der Waals surface area contributed by atoms with Gasteiger partial charge in [-0.15, -0.1) is 0 Å². The molecule has 2 rings (SSSR count). The van der Waals surface area contributed by atoms with Gasteiger partial charge in [0.15, 0.2) is 0 Å². The van der Waals surface area contributed by atoms with Crippen LogP contribution >= 0.6 is 0 Å². The summed E-state index contributed by atoms with van der Waals surface area (Å²) in [5.41, 5.74) is 3.03. The molecule has 100 valence electrons. The maximum atomic E-state index is 5.86. The van der Waals surface area contributed by atoms with Crippen molar-refractivity contribution in [1.29, 1.82) is 0 Å². The zero-order valence-corrected chi connectivity index (χ0v) is 12.5. The van der Waals surface area contributed by atoms with Crippen LogP contribution in [0.4, 0.5) is 0 Å². The van der Waals surface area contributed by atoms with Crippen LogP contribution in [0.1, 0.15) is 52.7 Å². The Hall–Kier alpha value is -1.02. The summed E-state index contributed by atoms with van der Waals surface area (Å²) in [5, 5.41) is 0. The van der Waals surface area contributed by atoms with Gasteiger partial charge in [-0.2, -0.15) is 0 Å². The zero-order chi connectivity index (χ0) is 13.6. The topological polar surface area (TPSA) is 12.5 Å². The van der Waals surface area contributed by atoms with E-state index in [1.54, 1.807) is 0 Å². The van der Waals surface area contributed by atoms with Crippen LogP contribution < -0.4 is 4.74 Å². The molecule has 0 N–H and O–H groups in total. The fourth-order valence-electron chi connectivity index (χ4n) is 2.14. The molecular weight excluding hydrogens is 222 g/mol. The highest BCUT2D eigenvalue weighted by molar-refractivity contribution is 5.40. The molecule has 0 saturated heterocycles. The van der Waals surface area contributed by atoms with Crippen molar-refractivity contribution in [3.63, 3.8) is 0 Å². The lowest BCUT2D eigenvalue weighted by molar-refractivity contribution is 0.0217. The second-order valence-corrected chi connectivity index (χ2v) is 7.21. The van der Waals surface area contributed by atoms with Crippen molar-refractivity contribution in [3.05, 3.63) is 29.3 Å². The van der Waals surface area contributed by atoms with Crippen LogP contribution in [-0.2, 0) is 12.0 Å². The third kappa shape index (κ3) is 2.69. The van der Waals surface area contributed by atoms with Crippen LogP contribution in [0.2, 0.25) is 0 Å². The van der Waals surface area contributed by atoms with E-state index in [0.717, 1.165) is 12.3 Å². The number of nitrogens with zero attached hydrogens (tertiary/aromatic N) is 1. The molecule has 0 fully saturated rings. The van der Waals surface area contributed by atoms with Crippen LogP contribution in [-0.4, -0.2) is 17.2 Å². The van der Waals surface area contributed by atoms with Gasteiger partial charge in [-0.05, 0) is 37.8 Å². The Balaban J connectivity index is 2.31. The smallest absolute Gasteiger partial charge is 0.142 e. The van der Waals surface area contributed by atoms with E-state index in [9.17, 15) is 0 Å². The molecule has 1 aromatic carbocycles. The van der Waals surface area contributed by atoms with E-state index >= 15 is 0 Å². The molecule has 0 bridgehead atoms. The van der Waals surface area contributed by atoms with Crippen molar-refractivity contribution in [1.82, 2.24) is 4.90 Å². The van der Waals surface area contributed by atoms with Crippen LogP contribution in [0, 0.1) is 0 Å². The van der Waals surface area contributed by atoms with Crippen molar-refractivity contribution >= 4 is 0 Å². The first-order valence-corrected chi connectivity index (χ1v) is 6.69. The van der Waals surface area contributed by atoms with Crippen LogP contribution in [0.25, 0.3) is 0 Å². The Morgan fingerprint density at radius 3 is 2.28 bits per heavy atom. The number of hydrogen-bond donors (Lipinski definition) is 0. The van der Waals surface area contributed by atoms with Gasteiger partial charge in [0.05, 0.1) is 0 Å². The highest BCUT2D eigenvalue weighted by Crippen LogP contribution is 2.32. The molecule has 2 heteroatoms. The van der Waals surface area contributed by atoms with Gasteiger partial charge in [-0.25, -0.2) is 0 Å². The predicted molar refractivity (Wildman–Crippen MR) is 75.9 cm³/mol. The number of fused-ring (bicyclic) bond motifs is 1. The summed E-state index contributed by atoms with van der Waals surface area (Å²) in [6.07, 6.45) is 0. The van der Waals surface area contributed by atoms with E-state index in [-0.39, 0.29) is 11.0 Å². The normalized spacial score (nSPS) is 17.2. The largest absolute Gasteiger partial charge is 0.478 e. The number of ether oxygens (including phenoxy) is 1. The molecule has 1 aliphatic heterocycles. The van der Waals surface area contributed by atoms with Gasteiger partial charge >= 0.3 is 0 Å². The molecule has 0 unspecified atom stereocenters. The minimum atomic E-state index is 0.148. The lowest BCUT2D eigenvalue weighted by Crippen LogP contribution is -2.45. The Morgan fingerprint density at radius 2 is 1.72 bits per heavy atom. The molecule has 0 aliphatic carbocycles. The number of rotatable bonds is 0. The van der Waals surface area contributed by atoms with Crippen LogP contribution in [0.3, 0.4) is 0 Å². The van der Waals surface area contributed by atoms with Crippen molar-refractivity contribution in [2.75, 3.05) is 6.73 Å². The number of benzene rings is 1. The van der Waals surface area contributed by atoms with E-state index in [1.165, 1.54) is 11.1 Å². The van der Waals surface area contributed by atoms with Crippen molar-refractivity contribution in [3.8, 4) is 5.75 Å². The summed E-state index contributed by atoms with van der Waals surface area (Å²) in [6.45, 7) is 15.1. The fourth-order valence-corrected chi connectivity index (χ4v) is 2.14. The van der Waals surface area contributed by atoms with Crippen molar-refractivity contribution < 1.29 is 4.74 Å². The van der Waals surface area contributed by atoms with Gasteiger partial charge in [0.25, 0.3) is 0 Å². The van der Waals surface area contributed by atoms with Gasteiger partial charge in [-0.3, -0.25) is 4.90 Å². The van der Waals surface area contributed by atoms with Gasteiger partial charge in [-0.1, -0.05) is 32.9 Å². The van der Waals surface area contributed by atoms with E-state index in [4.69, 9.17) is 4.74 Å². The molecule has 0 radical (unpaired) electrons. The van der Waals surface area contributed by atoms with Crippen molar-refractivity contribution in [2.45, 2.75) is 59.0 Å². The second-order valence-electron chi connectivity index (χ2n) is 7.21. The SMILES string of the molecule is CC(C)(C)c1ccc2c(c1)CN(C(C)(C)C)CO2. The maximum Gasteiger partial charge on any atom is 0.142 e. The fraction of sp³-hybridized carbons (Fsp3) is 0.625.